The van der Waals surface area contributed by atoms with Gasteiger partial charge in [0.1, 0.15) is 10.7 Å². The molecule has 0 amide bonds. The van der Waals surface area contributed by atoms with Crippen LogP contribution in [0.15, 0.2) is 24.4 Å². The van der Waals surface area contributed by atoms with Crippen molar-refractivity contribution in [2.24, 2.45) is 11.5 Å². The number of hydrogen-bond donors (Lipinski definition) is 3. The third-order valence-corrected chi connectivity index (χ3v) is 5.88. The number of nitrogens with zero attached hydrogens (tertiary/aromatic N) is 2. The van der Waals surface area contributed by atoms with Crippen LogP contribution in [0.5, 0.6) is 0 Å². The van der Waals surface area contributed by atoms with Crippen LogP contribution in [-0.2, 0) is 11.1 Å². The molecule has 1 aromatic carbocycles. The zero-order valence-corrected chi connectivity index (χ0v) is 17.2. The minimum atomic E-state index is -2.01. The molecule has 0 bridgehead atoms. The molecule has 142 valence electrons. The fourth-order valence-electron chi connectivity index (χ4n) is 2.73. The lowest BCUT2D eigenvalue weighted by atomic mass is 9.99. The fraction of sp³-hybridized carbons (Fsp3) is 0.375. The average Bonchev–Trinajstić information content (AvgIpc) is 3.02. The smallest absolute Gasteiger partial charge is 0.157 e. The van der Waals surface area contributed by atoms with Crippen LogP contribution in [0.3, 0.4) is 0 Å². The van der Waals surface area contributed by atoms with Gasteiger partial charge in [-0.1, -0.05) is 35.4 Å². The van der Waals surface area contributed by atoms with Crippen LogP contribution in [0.2, 0.25) is 10.0 Å². The van der Waals surface area contributed by atoms with Crippen molar-refractivity contribution in [1.29, 1.82) is 0 Å². The summed E-state index contributed by atoms with van der Waals surface area (Å²) in [6.07, 6.45) is 2.60. The molecule has 1 aromatic heterocycles. The molecule has 0 saturated heterocycles. The monoisotopic (exact) mass is 434 g/mol. The van der Waals surface area contributed by atoms with Gasteiger partial charge in [0.05, 0.1) is 11.3 Å². The Kier molecular flexibility index (Phi) is 7.57. The second-order valence-corrected chi connectivity index (χ2v) is 8.39. The predicted octanol–water partition coefficient (Wildman–Crippen LogP) is 3.05. The molecular formula is C16H20Cl2N4O2S2. The van der Waals surface area contributed by atoms with Gasteiger partial charge in [-0.25, -0.2) is 4.21 Å². The molecule has 0 aliphatic carbocycles. The molecule has 2 rings (SSSR count). The Morgan fingerprint density at radius 2 is 2.00 bits per heavy atom. The van der Waals surface area contributed by atoms with Gasteiger partial charge in [0.25, 0.3) is 0 Å². The van der Waals surface area contributed by atoms with Crippen molar-refractivity contribution in [3.63, 3.8) is 0 Å². The molecule has 1 heterocycles. The lowest BCUT2D eigenvalue weighted by Crippen LogP contribution is -2.26. The average molecular weight is 435 g/mol. The van der Waals surface area contributed by atoms with E-state index in [4.69, 9.17) is 46.9 Å². The van der Waals surface area contributed by atoms with Crippen molar-refractivity contribution in [2.75, 3.05) is 6.54 Å². The van der Waals surface area contributed by atoms with Crippen molar-refractivity contribution in [1.82, 2.24) is 9.78 Å². The number of aryl methyl sites for hydroxylation is 1. The van der Waals surface area contributed by atoms with Gasteiger partial charge in [-0.3, -0.25) is 4.68 Å². The summed E-state index contributed by atoms with van der Waals surface area (Å²) in [6, 6.07) is 4.99. The van der Waals surface area contributed by atoms with E-state index in [1.54, 1.807) is 16.9 Å². The Morgan fingerprint density at radius 1 is 1.38 bits per heavy atom. The molecule has 0 saturated carbocycles. The van der Waals surface area contributed by atoms with Gasteiger partial charge >= 0.3 is 0 Å². The molecule has 0 fully saturated rings. The second kappa shape index (κ2) is 9.25. The number of halogens is 2. The van der Waals surface area contributed by atoms with Crippen LogP contribution in [0.1, 0.15) is 35.7 Å². The molecule has 2 aromatic rings. The highest BCUT2D eigenvalue weighted by molar-refractivity contribution is 7.80. The molecule has 10 heteroatoms. The maximum atomic E-state index is 11.4. The maximum absolute atomic E-state index is 11.4. The van der Waals surface area contributed by atoms with Crippen molar-refractivity contribution in [3.8, 4) is 0 Å². The Balaban J connectivity index is 2.44. The van der Waals surface area contributed by atoms with E-state index < -0.39 is 16.3 Å². The molecule has 5 N–H and O–H groups in total. The number of benzene rings is 1. The first kappa shape index (κ1) is 21.3. The van der Waals surface area contributed by atoms with Crippen LogP contribution in [0.25, 0.3) is 0 Å². The van der Waals surface area contributed by atoms with E-state index >= 15 is 0 Å². The van der Waals surface area contributed by atoms with E-state index in [-0.39, 0.29) is 17.6 Å². The number of thiocarbonyl (C=S) groups is 1. The molecule has 0 spiro atoms. The number of hydrogen-bond acceptors (Lipinski definition) is 4. The third-order valence-electron chi connectivity index (χ3n) is 4.05. The third kappa shape index (κ3) is 5.03. The molecule has 0 aliphatic heterocycles. The van der Waals surface area contributed by atoms with Crippen molar-refractivity contribution in [3.05, 3.63) is 51.3 Å². The molecular weight excluding hydrogens is 415 g/mol. The van der Waals surface area contributed by atoms with Crippen molar-refractivity contribution < 1.29 is 8.76 Å². The topological polar surface area (TPSA) is 107 Å². The second-order valence-electron chi connectivity index (χ2n) is 5.91. The summed E-state index contributed by atoms with van der Waals surface area (Å²) in [5, 5.41) is 4.86. The minimum absolute atomic E-state index is 0.0996. The highest BCUT2D eigenvalue weighted by Gasteiger charge is 2.24. The summed E-state index contributed by atoms with van der Waals surface area (Å²) in [5.74, 6) is 0. The molecule has 26 heavy (non-hydrogen) atoms. The highest BCUT2D eigenvalue weighted by Crippen LogP contribution is 2.36. The predicted molar refractivity (Wildman–Crippen MR) is 110 cm³/mol. The Hall–Kier alpha value is -1.03. The van der Waals surface area contributed by atoms with Crippen molar-refractivity contribution >= 4 is 51.5 Å². The summed E-state index contributed by atoms with van der Waals surface area (Å²) in [5.41, 5.74) is 13.3. The quantitative estimate of drug-likeness (QED) is 0.435. The Labute approximate surface area is 170 Å². The van der Waals surface area contributed by atoms with Gasteiger partial charge in [0.2, 0.25) is 0 Å². The summed E-state index contributed by atoms with van der Waals surface area (Å²) in [7, 11) is 0. The molecule has 0 radical (unpaired) electrons. The Bertz CT molecular complexity index is 805. The van der Waals surface area contributed by atoms with Crippen LogP contribution in [0.4, 0.5) is 0 Å². The number of rotatable bonds is 8. The lowest BCUT2D eigenvalue weighted by molar-refractivity contribution is 0.460. The van der Waals surface area contributed by atoms with Gasteiger partial charge < -0.3 is 16.0 Å². The summed E-state index contributed by atoms with van der Waals surface area (Å²) in [6.45, 7) is 2.00. The number of nitrogens with two attached hydrogens (primary N) is 2. The van der Waals surface area contributed by atoms with Crippen LogP contribution >= 0.6 is 35.4 Å². The van der Waals surface area contributed by atoms with E-state index in [0.29, 0.717) is 34.1 Å². The fourth-order valence-corrected chi connectivity index (χ4v) is 4.19. The van der Waals surface area contributed by atoms with Gasteiger partial charge in [0.15, 0.2) is 11.1 Å². The van der Waals surface area contributed by atoms with Crippen LogP contribution in [0, 0.1) is 6.92 Å². The van der Waals surface area contributed by atoms with Crippen molar-refractivity contribution in [2.45, 2.75) is 31.1 Å². The van der Waals surface area contributed by atoms with E-state index in [9.17, 15) is 8.76 Å². The molecule has 6 nitrogen and oxygen atoms in total. The van der Waals surface area contributed by atoms with Gasteiger partial charge in [-0.2, -0.15) is 5.10 Å². The minimum Gasteiger partial charge on any atom is -0.388 e. The largest absolute Gasteiger partial charge is 0.388 e. The lowest BCUT2D eigenvalue weighted by Gasteiger charge is -2.22. The van der Waals surface area contributed by atoms with Crippen LogP contribution in [-0.4, -0.2) is 35.3 Å². The van der Waals surface area contributed by atoms with E-state index in [2.05, 4.69) is 5.10 Å². The van der Waals surface area contributed by atoms with Crippen LogP contribution < -0.4 is 11.5 Å². The van der Waals surface area contributed by atoms with Gasteiger partial charge in [-0.05, 0) is 43.5 Å². The SMILES string of the molecule is Cc1cc(Cl)c(C(CCC(CN)S(=O)O)n2ccc(C(N)=S)n2)c(Cl)c1. The maximum Gasteiger partial charge on any atom is 0.157 e. The van der Waals surface area contributed by atoms with Gasteiger partial charge in [0, 0.05) is 28.4 Å². The zero-order chi connectivity index (χ0) is 19.4. The Morgan fingerprint density at radius 3 is 2.46 bits per heavy atom. The van der Waals surface area contributed by atoms with E-state index in [1.807, 2.05) is 19.1 Å². The normalized spacial score (nSPS) is 14.8. The molecule has 0 aliphatic rings. The standard InChI is InChI=1S/C16H20Cl2N4O2S2/c1-9-6-11(17)15(12(18)7-9)14(3-2-10(8-19)26(23)24)22-5-4-13(21-22)16(20)25/h4-7,10,14H,2-3,8,19H2,1H3,(H2,20,25)(H,23,24). The number of aromatic nitrogens is 2. The van der Waals surface area contributed by atoms with E-state index in [1.165, 1.54) is 0 Å². The summed E-state index contributed by atoms with van der Waals surface area (Å²) >= 11 is 15.9. The molecule has 3 atom stereocenters. The first-order chi connectivity index (χ1) is 12.2. The summed E-state index contributed by atoms with van der Waals surface area (Å²) in [4.78, 5) is 0.180. The van der Waals surface area contributed by atoms with E-state index in [0.717, 1.165) is 5.56 Å². The highest BCUT2D eigenvalue weighted by atomic mass is 35.5. The summed E-state index contributed by atoms with van der Waals surface area (Å²) < 4.78 is 22.5. The first-order valence-electron chi connectivity index (χ1n) is 7.84. The zero-order valence-electron chi connectivity index (χ0n) is 14.1. The molecule has 3 unspecified atom stereocenters. The first-order valence-corrected chi connectivity index (χ1v) is 10.2. The van der Waals surface area contributed by atoms with Gasteiger partial charge in [-0.15, -0.1) is 0 Å².